The molecule has 0 spiro atoms. The van der Waals surface area contributed by atoms with Gasteiger partial charge in [-0.3, -0.25) is 0 Å². The van der Waals surface area contributed by atoms with Gasteiger partial charge in [0.15, 0.2) is 0 Å². The third-order valence-corrected chi connectivity index (χ3v) is 2.53. The second kappa shape index (κ2) is 10.4. The Balaban J connectivity index is 1.97. The summed E-state index contributed by atoms with van der Waals surface area (Å²) in [7, 11) is 0. The molecule has 19 heavy (non-hydrogen) atoms. The fraction of sp³-hybridized carbons (Fsp3) is 0.500. The number of ether oxygens (including phenoxy) is 3. The van der Waals surface area contributed by atoms with E-state index in [2.05, 4.69) is 12.8 Å². The average Bonchev–Trinajstić information content (AvgIpc) is 2.46. The van der Waals surface area contributed by atoms with E-state index in [1.165, 1.54) is 0 Å². The Morgan fingerprint density at radius 1 is 0.947 bits per heavy atom. The van der Waals surface area contributed by atoms with Gasteiger partial charge < -0.3 is 14.2 Å². The van der Waals surface area contributed by atoms with Crippen molar-refractivity contribution in [2.45, 2.75) is 19.8 Å². The third kappa shape index (κ3) is 7.50. The maximum atomic E-state index is 5.52. The SMILES string of the molecule is C#Cc1ccc(OCCOCCOCCCC)cc1. The van der Waals surface area contributed by atoms with Gasteiger partial charge in [-0.15, -0.1) is 6.42 Å². The van der Waals surface area contributed by atoms with Gasteiger partial charge in [0.2, 0.25) is 0 Å². The van der Waals surface area contributed by atoms with Crippen LogP contribution in [0.4, 0.5) is 0 Å². The van der Waals surface area contributed by atoms with E-state index < -0.39 is 0 Å². The maximum absolute atomic E-state index is 5.52. The highest BCUT2D eigenvalue weighted by Crippen LogP contribution is 2.11. The molecular formula is C16H22O3. The Morgan fingerprint density at radius 2 is 1.58 bits per heavy atom. The quantitative estimate of drug-likeness (QED) is 0.479. The molecule has 1 aromatic carbocycles. The highest BCUT2D eigenvalue weighted by atomic mass is 16.5. The van der Waals surface area contributed by atoms with Crippen LogP contribution >= 0.6 is 0 Å². The number of unbranched alkanes of at least 4 members (excludes halogenated alkanes) is 1. The molecule has 0 aromatic heterocycles. The molecule has 0 aliphatic carbocycles. The first kappa shape index (κ1) is 15.6. The zero-order valence-electron chi connectivity index (χ0n) is 11.6. The van der Waals surface area contributed by atoms with E-state index in [0.717, 1.165) is 30.8 Å². The van der Waals surface area contributed by atoms with Crippen LogP contribution in [0.15, 0.2) is 24.3 Å². The lowest BCUT2D eigenvalue weighted by atomic mass is 10.2. The predicted molar refractivity (Wildman–Crippen MR) is 76.4 cm³/mol. The van der Waals surface area contributed by atoms with Gasteiger partial charge in [-0.05, 0) is 30.7 Å². The summed E-state index contributed by atoms with van der Waals surface area (Å²) in [5.74, 6) is 3.37. The molecule has 0 amide bonds. The molecule has 0 fully saturated rings. The second-order valence-corrected chi connectivity index (χ2v) is 4.10. The lowest BCUT2D eigenvalue weighted by Gasteiger charge is -2.07. The Bertz CT molecular complexity index is 365. The summed E-state index contributed by atoms with van der Waals surface area (Å²) in [5, 5.41) is 0. The summed E-state index contributed by atoms with van der Waals surface area (Å²) in [6.07, 6.45) is 7.54. The fourth-order valence-electron chi connectivity index (χ4n) is 1.43. The molecule has 0 atom stereocenters. The summed E-state index contributed by atoms with van der Waals surface area (Å²) in [5.41, 5.74) is 0.854. The van der Waals surface area contributed by atoms with Crippen molar-refractivity contribution >= 4 is 0 Å². The summed E-state index contributed by atoms with van der Waals surface area (Å²) in [4.78, 5) is 0. The molecule has 0 radical (unpaired) electrons. The largest absolute Gasteiger partial charge is 0.491 e. The molecule has 1 rings (SSSR count). The van der Waals surface area contributed by atoms with Crippen LogP contribution in [0.25, 0.3) is 0 Å². The van der Waals surface area contributed by atoms with Crippen LogP contribution in [-0.4, -0.2) is 33.0 Å². The lowest BCUT2D eigenvalue weighted by Crippen LogP contribution is -2.11. The molecule has 0 unspecified atom stereocenters. The Labute approximate surface area is 115 Å². The minimum atomic E-state index is 0.532. The molecule has 0 heterocycles. The molecule has 0 N–H and O–H groups in total. The summed E-state index contributed by atoms with van der Waals surface area (Å²) in [6, 6.07) is 7.45. The highest BCUT2D eigenvalue weighted by Gasteiger charge is 1.94. The van der Waals surface area contributed by atoms with Gasteiger partial charge in [0.25, 0.3) is 0 Å². The van der Waals surface area contributed by atoms with Crippen LogP contribution < -0.4 is 4.74 Å². The van der Waals surface area contributed by atoms with Crippen molar-refractivity contribution in [3.8, 4) is 18.1 Å². The van der Waals surface area contributed by atoms with Crippen molar-refractivity contribution in [3.05, 3.63) is 29.8 Å². The Hall–Kier alpha value is -1.50. The van der Waals surface area contributed by atoms with Crippen molar-refractivity contribution in [1.82, 2.24) is 0 Å². The highest BCUT2D eigenvalue weighted by molar-refractivity contribution is 5.36. The predicted octanol–water partition coefficient (Wildman–Crippen LogP) is 2.88. The number of hydrogen-bond donors (Lipinski definition) is 0. The van der Waals surface area contributed by atoms with Crippen LogP contribution in [-0.2, 0) is 9.47 Å². The first-order valence-electron chi connectivity index (χ1n) is 6.71. The van der Waals surface area contributed by atoms with Gasteiger partial charge in [-0.2, -0.15) is 0 Å². The minimum Gasteiger partial charge on any atom is -0.491 e. The lowest BCUT2D eigenvalue weighted by molar-refractivity contribution is 0.0356. The molecule has 3 heteroatoms. The molecule has 1 aromatic rings. The Kier molecular flexibility index (Phi) is 8.54. The van der Waals surface area contributed by atoms with E-state index in [4.69, 9.17) is 20.6 Å². The van der Waals surface area contributed by atoms with Gasteiger partial charge >= 0.3 is 0 Å². The van der Waals surface area contributed by atoms with E-state index in [1.807, 2.05) is 24.3 Å². The Morgan fingerprint density at radius 3 is 2.21 bits per heavy atom. The molecule has 104 valence electrons. The monoisotopic (exact) mass is 262 g/mol. The fourth-order valence-corrected chi connectivity index (χ4v) is 1.43. The molecule has 3 nitrogen and oxygen atoms in total. The molecule has 0 saturated carbocycles. The molecular weight excluding hydrogens is 240 g/mol. The maximum Gasteiger partial charge on any atom is 0.119 e. The van der Waals surface area contributed by atoms with Crippen LogP contribution in [0.3, 0.4) is 0 Å². The van der Waals surface area contributed by atoms with Crippen molar-refractivity contribution < 1.29 is 14.2 Å². The van der Waals surface area contributed by atoms with Gasteiger partial charge in [-0.25, -0.2) is 0 Å². The average molecular weight is 262 g/mol. The van der Waals surface area contributed by atoms with Gasteiger partial charge in [-0.1, -0.05) is 19.3 Å². The normalized spacial score (nSPS) is 10.1. The molecule has 0 aliphatic heterocycles. The van der Waals surface area contributed by atoms with Crippen LogP contribution in [0.1, 0.15) is 25.3 Å². The second-order valence-electron chi connectivity index (χ2n) is 4.10. The summed E-state index contributed by atoms with van der Waals surface area (Å²) < 4.78 is 16.3. The molecule has 0 bridgehead atoms. The van der Waals surface area contributed by atoms with Crippen molar-refractivity contribution in [1.29, 1.82) is 0 Å². The van der Waals surface area contributed by atoms with Gasteiger partial charge in [0.05, 0.1) is 19.8 Å². The standard InChI is InChI=1S/C16H22O3/c1-3-5-10-17-11-12-18-13-14-19-16-8-6-15(4-2)7-9-16/h2,6-9H,3,5,10-14H2,1H3. The summed E-state index contributed by atoms with van der Waals surface area (Å²) in [6.45, 7) is 5.32. The van der Waals surface area contributed by atoms with E-state index in [9.17, 15) is 0 Å². The van der Waals surface area contributed by atoms with Crippen molar-refractivity contribution in [3.63, 3.8) is 0 Å². The zero-order valence-corrected chi connectivity index (χ0v) is 11.6. The summed E-state index contributed by atoms with van der Waals surface area (Å²) >= 11 is 0. The number of rotatable bonds is 10. The third-order valence-electron chi connectivity index (χ3n) is 2.53. The number of hydrogen-bond acceptors (Lipinski definition) is 3. The minimum absolute atomic E-state index is 0.532. The van der Waals surface area contributed by atoms with E-state index in [-0.39, 0.29) is 0 Å². The topological polar surface area (TPSA) is 27.7 Å². The van der Waals surface area contributed by atoms with Crippen LogP contribution in [0, 0.1) is 12.3 Å². The first-order chi connectivity index (χ1) is 9.36. The van der Waals surface area contributed by atoms with Crippen molar-refractivity contribution in [2.24, 2.45) is 0 Å². The van der Waals surface area contributed by atoms with E-state index in [0.29, 0.717) is 26.4 Å². The van der Waals surface area contributed by atoms with Crippen molar-refractivity contribution in [2.75, 3.05) is 33.0 Å². The van der Waals surface area contributed by atoms with E-state index in [1.54, 1.807) is 0 Å². The smallest absolute Gasteiger partial charge is 0.119 e. The van der Waals surface area contributed by atoms with Gasteiger partial charge in [0.1, 0.15) is 12.4 Å². The molecule has 0 aliphatic rings. The van der Waals surface area contributed by atoms with E-state index >= 15 is 0 Å². The van der Waals surface area contributed by atoms with Crippen LogP contribution in [0.2, 0.25) is 0 Å². The molecule has 0 saturated heterocycles. The number of terminal acetylenes is 1. The zero-order chi connectivity index (χ0) is 13.8. The van der Waals surface area contributed by atoms with Gasteiger partial charge in [0, 0.05) is 12.2 Å². The van der Waals surface area contributed by atoms with Crippen LogP contribution in [0.5, 0.6) is 5.75 Å². The first-order valence-corrected chi connectivity index (χ1v) is 6.71. The number of benzene rings is 1.